The molecule has 0 N–H and O–H groups in total. The second kappa shape index (κ2) is 4.69. The number of rotatable bonds is 2. The minimum absolute atomic E-state index is 0.138. The van der Waals surface area contributed by atoms with Gasteiger partial charge in [-0.3, -0.25) is 9.59 Å². The number of benzene rings is 1. The van der Waals surface area contributed by atoms with Crippen molar-refractivity contribution in [3.05, 3.63) is 69.3 Å². The quantitative estimate of drug-likeness (QED) is 0.451. The molecule has 0 saturated carbocycles. The van der Waals surface area contributed by atoms with Gasteiger partial charge in [-0.1, -0.05) is 41.5 Å². The summed E-state index contributed by atoms with van der Waals surface area (Å²) in [5.41, 5.74) is 9.11. The molecule has 0 atom stereocenters. The predicted molar refractivity (Wildman–Crippen MR) is 66.1 cm³/mol. The molecule has 0 radical (unpaired) electrons. The first-order valence-electron chi connectivity index (χ1n) is 5.31. The van der Waals surface area contributed by atoms with E-state index in [9.17, 15) is 9.59 Å². The number of allylic oxidation sites excluding steroid dienone is 4. The third-order valence-electron chi connectivity index (χ3n) is 2.61. The van der Waals surface area contributed by atoms with Crippen LogP contribution in [0.3, 0.4) is 0 Å². The number of Topliss-reactive ketones (excluding diaryl/α,β-unsaturated/α-hetero) is 2. The van der Waals surface area contributed by atoms with E-state index in [4.69, 9.17) is 5.53 Å². The zero-order valence-corrected chi connectivity index (χ0v) is 9.62. The summed E-state index contributed by atoms with van der Waals surface area (Å²) in [6.07, 6.45) is 3.11. The Morgan fingerprint density at radius 2 is 1.78 bits per heavy atom. The molecule has 0 aromatic heterocycles. The smallest absolute Gasteiger partial charge is 0.196 e. The molecule has 0 fully saturated rings. The highest BCUT2D eigenvalue weighted by atomic mass is 16.1. The number of hydrogen-bond donors (Lipinski definition) is 0. The Hall–Kier alpha value is -2.65. The van der Waals surface area contributed by atoms with Crippen molar-refractivity contribution < 1.29 is 9.59 Å². The highest BCUT2D eigenvalue weighted by Gasteiger charge is 2.29. The SMILES string of the molecule is C/C=C/C1=C(N=[N+]=[N-])C(=O)c2ccccc2C1=O. The lowest BCUT2D eigenvalue weighted by molar-refractivity contribution is 0.0976. The Morgan fingerprint density at radius 3 is 2.33 bits per heavy atom. The zero-order chi connectivity index (χ0) is 13.1. The maximum atomic E-state index is 12.2. The summed E-state index contributed by atoms with van der Waals surface area (Å²) in [4.78, 5) is 26.9. The summed E-state index contributed by atoms with van der Waals surface area (Å²) in [5.74, 6) is -0.721. The Kier molecular flexibility index (Phi) is 3.08. The molecule has 2 rings (SSSR count). The Morgan fingerprint density at radius 1 is 1.17 bits per heavy atom. The van der Waals surface area contributed by atoms with Gasteiger partial charge in [-0.15, -0.1) is 0 Å². The molecule has 5 heteroatoms. The number of ketones is 2. The van der Waals surface area contributed by atoms with Gasteiger partial charge in [0.1, 0.15) is 0 Å². The van der Waals surface area contributed by atoms with Gasteiger partial charge in [0.15, 0.2) is 11.6 Å². The first-order valence-corrected chi connectivity index (χ1v) is 5.31. The third-order valence-corrected chi connectivity index (χ3v) is 2.61. The Labute approximate surface area is 103 Å². The maximum absolute atomic E-state index is 12.2. The molecular formula is C13H9N3O2. The molecule has 1 aromatic carbocycles. The Bertz CT molecular complexity index is 650. The monoisotopic (exact) mass is 239 g/mol. The molecule has 0 saturated heterocycles. The summed E-state index contributed by atoms with van der Waals surface area (Å²) in [6.45, 7) is 1.72. The molecule has 1 aliphatic rings. The minimum Gasteiger partial charge on any atom is -0.289 e. The molecule has 0 spiro atoms. The van der Waals surface area contributed by atoms with Gasteiger partial charge in [-0.25, -0.2) is 0 Å². The first kappa shape index (κ1) is 11.8. The number of nitrogens with zero attached hydrogens (tertiary/aromatic N) is 3. The highest BCUT2D eigenvalue weighted by molar-refractivity contribution is 6.27. The van der Waals surface area contributed by atoms with Crippen molar-refractivity contribution in [2.75, 3.05) is 0 Å². The van der Waals surface area contributed by atoms with Crippen molar-refractivity contribution in [2.24, 2.45) is 5.11 Å². The topological polar surface area (TPSA) is 82.9 Å². The molecule has 0 aliphatic heterocycles. The lowest BCUT2D eigenvalue weighted by Gasteiger charge is -2.16. The van der Waals surface area contributed by atoms with E-state index in [0.717, 1.165) is 0 Å². The second-order valence-corrected chi connectivity index (χ2v) is 3.66. The van der Waals surface area contributed by atoms with Crippen molar-refractivity contribution in [3.63, 3.8) is 0 Å². The van der Waals surface area contributed by atoms with Crippen LogP contribution in [0.2, 0.25) is 0 Å². The fourth-order valence-electron chi connectivity index (χ4n) is 1.85. The van der Waals surface area contributed by atoms with Crippen LogP contribution in [0.15, 0.2) is 52.8 Å². The van der Waals surface area contributed by atoms with E-state index >= 15 is 0 Å². The molecule has 1 aliphatic carbocycles. The normalized spacial score (nSPS) is 14.7. The van der Waals surface area contributed by atoms with Crippen LogP contribution in [0, 0.1) is 0 Å². The lowest BCUT2D eigenvalue weighted by atomic mass is 9.87. The molecule has 0 unspecified atom stereocenters. The van der Waals surface area contributed by atoms with Gasteiger partial charge >= 0.3 is 0 Å². The van der Waals surface area contributed by atoms with E-state index < -0.39 is 5.78 Å². The molecule has 18 heavy (non-hydrogen) atoms. The predicted octanol–water partition coefficient (Wildman–Crippen LogP) is 3.21. The largest absolute Gasteiger partial charge is 0.289 e. The van der Waals surface area contributed by atoms with Gasteiger partial charge in [0, 0.05) is 21.6 Å². The van der Waals surface area contributed by atoms with Crippen molar-refractivity contribution in [1.82, 2.24) is 0 Å². The van der Waals surface area contributed by atoms with Gasteiger partial charge < -0.3 is 0 Å². The molecular weight excluding hydrogens is 230 g/mol. The van der Waals surface area contributed by atoms with Crippen LogP contribution < -0.4 is 0 Å². The van der Waals surface area contributed by atoms with E-state index in [1.54, 1.807) is 37.3 Å². The molecule has 88 valence electrons. The van der Waals surface area contributed by atoms with Crippen molar-refractivity contribution in [2.45, 2.75) is 6.92 Å². The number of carbonyl (C=O) groups excluding carboxylic acids is 2. The van der Waals surface area contributed by atoms with E-state index in [0.29, 0.717) is 5.56 Å². The van der Waals surface area contributed by atoms with Crippen LogP contribution in [0.1, 0.15) is 27.6 Å². The van der Waals surface area contributed by atoms with E-state index in [2.05, 4.69) is 10.0 Å². The van der Waals surface area contributed by atoms with Crippen LogP contribution in [0.25, 0.3) is 10.4 Å². The fraction of sp³-hybridized carbons (Fsp3) is 0.0769. The standard InChI is InChI=1S/C13H9N3O2/c1-2-5-10-11(15-16-14)13(18)9-7-4-3-6-8(9)12(10)17/h2-7H,1H3/b5-2+. The van der Waals surface area contributed by atoms with Crippen LogP contribution in [0.4, 0.5) is 0 Å². The molecule has 1 aromatic rings. The molecule has 0 bridgehead atoms. The van der Waals surface area contributed by atoms with Crippen molar-refractivity contribution >= 4 is 11.6 Å². The van der Waals surface area contributed by atoms with Crippen molar-refractivity contribution in [3.8, 4) is 0 Å². The van der Waals surface area contributed by atoms with Gasteiger partial charge in [-0.2, -0.15) is 0 Å². The molecule has 0 amide bonds. The maximum Gasteiger partial charge on any atom is 0.196 e. The third kappa shape index (κ3) is 1.73. The van der Waals surface area contributed by atoms with Gasteiger partial charge in [0.05, 0.1) is 5.70 Å². The van der Waals surface area contributed by atoms with Crippen LogP contribution >= 0.6 is 0 Å². The number of carbonyl (C=O) groups is 2. The van der Waals surface area contributed by atoms with E-state index in [1.807, 2.05) is 0 Å². The number of hydrogen-bond acceptors (Lipinski definition) is 3. The van der Waals surface area contributed by atoms with Crippen molar-refractivity contribution in [1.29, 1.82) is 0 Å². The molecule has 0 heterocycles. The summed E-state index contributed by atoms with van der Waals surface area (Å²) in [6, 6.07) is 6.50. The van der Waals surface area contributed by atoms with E-state index in [1.165, 1.54) is 6.08 Å². The summed E-state index contributed by atoms with van der Waals surface area (Å²) in [7, 11) is 0. The average Bonchev–Trinajstić information content (AvgIpc) is 2.40. The zero-order valence-electron chi connectivity index (χ0n) is 9.62. The van der Waals surface area contributed by atoms with Gasteiger partial charge in [-0.05, 0) is 12.5 Å². The summed E-state index contributed by atoms with van der Waals surface area (Å²) < 4.78 is 0. The fourth-order valence-corrected chi connectivity index (χ4v) is 1.85. The molecule has 5 nitrogen and oxygen atoms in total. The number of fused-ring (bicyclic) bond motifs is 1. The highest BCUT2D eigenvalue weighted by Crippen LogP contribution is 2.27. The van der Waals surface area contributed by atoms with E-state index in [-0.39, 0.29) is 22.6 Å². The lowest BCUT2D eigenvalue weighted by Crippen LogP contribution is -2.20. The number of azide groups is 1. The minimum atomic E-state index is -0.420. The van der Waals surface area contributed by atoms with Crippen LogP contribution in [0.5, 0.6) is 0 Å². The van der Waals surface area contributed by atoms with Gasteiger partial charge in [0.2, 0.25) is 0 Å². The second-order valence-electron chi connectivity index (χ2n) is 3.66. The van der Waals surface area contributed by atoms with Crippen LogP contribution in [-0.4, -0.2) is 11.6 Å². The summed E-state index contributed by atoms with van der Waals surface area (Å²) >= 11 is 0. The first-order chi connectivity index (χ1) is 8.70. The van der Waals surface area contributed by atoms with Crippen LogP contribution in [-0.2, 0) is 0 Å². The van der Waals surface area contributed by atoms with Gasteiger partial charge in [0.25, 0.3) is 0 Å². The Balaban J connectivity index is 2.75. The summed E-state index contributed by atoms with van der Waals surface area (Å²) in [5, 5.41) is 3.35. The average molecular weight is 239 g/mol.